The molecule has 1 N–H and O–H groups in total. The van der Waals surface area contributed by atoms with Gasteiger partial charge in [-0.15, -0.1) is 0 Å². The summed E-state index contributed by atoms with van der Waals surface area (Å²) in [4.78, 5) is 12.4. The van der Waals surface area contributed by atoms with Crippen LogP contribution in [0.4, 0.5) is 0 Å². The molecule has 1 aliphatic heterocycles. The number of benzene rings is 2. The first kappa shape index (κ1) is 12.7. The number of hydrogen-bond acceptors (Lipinski definition) is 1. The molecule has 1 amide bonds. The Labute approximate surface area is 119 Å². The third kappa shape index (κ3) is 2.37. The molecule has 2 nitrogen and oxygen atoms in total. The largest absolute Gasteiger partial charge is 0.345 e. The van der Waals surface area contributed by atoms with Crippen molar-refractivity contribution < 1.29 is 4.79 Å². The lowest BCUT2D eigenvalue weighted by Crippen LogP contribution is -2.33. The highest BCUT2D eigenvalue weighted by atomic mass is 16.1. The first-order valence-electron chi connectivity index (χ1n) is 6.86. The van der Waals surface area contributed by atoms with Crippen LogP contribution in [0.15, 0.2) is 66.2 Å². The standard InChI is InChI=1S/C18H17NO/c1-13-12-16(14-8-4-2-5-9-14)19-18(20)17(13)15-10-6-3-7-11-15/h2-11,16H,12H2,1H3,(H,19,20). The van der Waals surface area contributed by atoms with Gasteiger partial charge in [0.25, 0.3) is 5.91 Å². The number of rotatable bonds is 2. The lowest BCUT2D eigenvalue weighted by molar-refractivity contribution is -0.116. The maximum atomic E-state index is 12.4. The van der Waals surface area contributed by atoms with E-state index in [1.807, 2.05) is 48.5 Å². The van der Waals surface area contributed by atoms with Crippen LogP contribution in [0.25, 0.3) is 5.57 Å². The second-order valence-corrected chi connectivity index (χ2v) is 5.16. The van der Waals surface area contributed by atoms with Gasteiger partial charge in [0.1, 0.15) is 0 Å². The summed E-state index contributed by atoms with van der Waals surface area (Å²) < 4.78 is 0. The highest BCUT2D eigenvalue weighted by Crippen LogP contribution is 2.31. The van der Waals surface area contributed by atoms with Crippen molar-refractivity contribution in [1.82, 2.24) is 5.32 Å². The summed E-state index contributed by atoms with van der Waals surface area (Å²) in [6, 6.07) is 20.1. The van der Waals surface area contributed by atoms with Crippen LogP contribution in [0.2, 0.25) is 0 Å². The topological polar surface area (TPSA) is 29.1 Å². The number of carbonyl (C=O) groups is 1. The van der Waals surface area contributed by atoms with Gasteiger partial charge in [0.15, 0.2) is 0 Å². The maximum absolute atomic E-state index is 12.4. The quantitative estimate of drug-likeness (QED) is 0.879. The fourth-order valence-electron chi connectivity index (χ4n) is 2.75. The fraction of sp³-hybridized carbons (Fsp3) is 0.167. The first-order chi connectivity index (χ1) is 9.75. The number of carbonyl (C=O) groups excluding carboxylic acids is 1. The van der Waals surface area contributed by atoms with Crippen molar-refractivity contribution in [3.05, 3.63) is 77.4 Å². The Balaban J connectivity index is 1.94. The monoisotopic (exact) mass is 263 g/mol. The first-order valence-corrected chi connectivity index (χ1v) is 6.86. The van der Waals surface area contributed by atoms with Gasteiger partial charge >= 0.3 is 0 Å². The van der Waals surface area contributed by atoms with Gasteiger partial charge in [-0.2, -0.15) is 0 Å². The van der Waals surface area contributed by atoms with Crippen LogP contribution in [0, 0.1) is 0 Å². The van der Waals surface area contributed by atoms with Crippen molar-refractivity contribution >= 4 is 11.5 Å². The molecule has 0 radical (unpaired) electrons. The van der Waals surface area contributed by atoms with E-state index in [-0.39, 0.29) is 11.9 Å². The van der Waals surface area contributed by atoms with Crippen LogP contribution >= 0.6 is 0 Å². The fourth-order valence-corrected chi connectivity index (χ4v) is 2.75. The van der Waals surface area contributed by atoms with Crippen LogP contribution in [0.5, 0.6) is 0 Å². The molecule has 2 aromatic rings. The summed E-state index contributed by atoms with van der Waals surface area (Å²) in [6.45, 7) is 2.05. The highest BCUT2D eigenvalue weighted by Gasteiger charge is 2.26. The number of nitrogens with one attached hydrogen (secondary N) is 1. The molecule has 0 fully saturated rings. The van der Waals surface area contributed by atoms with E-state index >= 15 is 0 Å². The molecule has 0 saturated carbocycles. The van der Waals surface area contributed by atoms with Crippen molar-refractivity contribution in [3.63, 3.8) is 0 Å². The zero-order chi connectivity index (χ0) is 13.9. The van der Waals surface area contributed by atoms with E-state index in [1.54, 1.807) is 0 Å². The second kappa shape index (κ2) is 5.33. The molecular formula is C18H17NO. The van der Waals surface area contributed by atoms with Crippen molar-refractivity contribution in [3.8, 4) is 0 Å². The van der Waals surface area contributed by atoms with E-state index < -0.39 is 0 Å². The lowest BCUT2D eigenvalue weighted by atomic mass is 9.89. The van der Waals surface area contributed by atoms with Gasteiger partial charge in [0, 0.05) is 5.57 Å². The normalized spacial score (nSPS) is 18.9. The van der Waals surface area contributed by atoms with Crippen LogP contribution in [-0.4, -0.2) is 5.91 Å². The van der Waals surface area contributed by atoms with E-state index in [1.165, 1.54) is 0 Å². The molecule has 0 aliphatic carbocycles. The molecular weight excluding hydrogens is 246 g/mol. The van der Waals surface area contributed by atoms with Gasteiger partial charge in [-0.05, 0) is 24.5 Å². The Hall–Kier alpha value is -2.35. The average molecular weight is 263 g/mol. The van der Waals surface area contributed by atoms with Crippen molar-refractivity contribution in [2.45, 2.75) is 19.4 Å². The zero-order valence-electron chi connectivity index (χ0n) is 11.5. The minimum Gasteiger partial charge on any atom is -0.345 e. The minimum absolute atomic E-state index is 0.0220. The summed E-state index contributed by atoms with van der Waals surface area (Å²) in [7, 11) is 0. The molecule has 100 valence electrons. The lowest BCUT2D eigenvalue weighted by Gasteiger charge is -2.27. The Kier molecular flexibility index (Phi) is 3.38. The Bertz CT molecular complexity index is 644. The molecule has 1 heterocycles. The van der Waals surface area contributed by atoms with E-state index in [0.29, 0.717) is 0 Å². The summed E-state index contributed by atoms with van der Waals surface area (Å²) in [5.41, 5.74) is 4.12. The molecule has 2 aromatic carbocycles. The van der Waals surface area contributed by atoms with Gasteiger partial charge < -0.3 is 5.32 Å². The molecule has 3 rings (SSSR count). The zero-order valence-corrected chi connectivity index (χ0v) is 11.5. The van der Waals surface area contributed by atoms with Gasteiger partial charge in [0.2, 0.25) is 0 Å². The van der Waals surface area contributed by atoms with E-state index in [9.17, 15) is 4.79 Å². The molecule has 0 aromatic heterocycles. The predicted octanol–water partition coefficient (Wildman–Crippen LogP) is 3.72. The van der Waals surface area contributed by atoms with Crippen molar-refractivity contribution in [1.29, 1.82) is 0 Å². The van der Waals surface area contributed by atoms with E-state index in [0.717, 1.165) is 28.7 Å². The predicted molar refractivity (Wildman–Crippen MR) is 81.0 cm³/mol. The smallest absolute Gasteiger partial charge is 0.252 e. The van der Waals surface area contributed by atoms with Crippen molar-refractivity contribution in [2.24, 2.45) is 0 Å². The Morgan fingerprint density at radius 1 is 0.950 bits per heavy atom. The van der Waals surface area contributed by atoms with Crippen molar-refractivity contribution in [2.75, 3.05) is 0 Å². The number of hydrogen-bond donors (Lipinski definition) is 1. The third-order valence-electron chi connectivity index (χ3n) is 3.73. The summed E-state index contributed by atoms with van der Waals surface area (Å²) in [6.07, 6.45) is 0.861. The second-order valence-electron chi connectivity index (χ2n) is 5.16. The van der Waals surface area contributed by atoms with Gasteiger partial charge in [-0.1, -0.05) is 66.2 Å². The summed E-state index contributed by atoms with van der Waals surface area (Å²) >= 11 is 0. The van der Waals surface area contributed by atoms with E-state index in [4.69, 9.17) is 0 Å². The van der Waals surface area contributed by atoms with E-state index in [2.05, 4.69) is 24.4 Å². The Morgan fingerprint density at radius 2 is 1.55 bits per heavy atom. The summed E-state index contributed by atoms with van der Waals surface area (Å²) in [5, 5.41) is 3.11. The molecule has 0 bridgehead atoms. The molecule has 1 unspecified atom stereocenters. The van der Waals surface area contributed by atoms with Gasteiger partial charge in [0.05, 0.1) is 6.04 Å². The molecule has 1 aliphatic rings. The SMILES string of the molecule is CC1=C(c2ccccc2)C(=O)NC(c2ccccc2)C1. The highest BCUT2D eigenvalue weighted by molar-refractivity contribution is 6.21. The van der Waals surface area contributed by atoms with Crippen LogP contribution in [0.3, 0.4) is 0 Å². The summed E-state index contributed by atoms with van der Waals surface area (Å²) in [5.74, 6) is 0.0220. The van der Waals surface area contributed by atoms with Gasteiger partial charge in [-0.3, -0.25) is 4.79 Å². The Morgan fingerprint density at radius 3 is 2.15 bits per heavy atom. The molecule has 0 spiro atoms. The molecule has 1 atom stereocenters. The maximum Gasteiger partial charge on any atom is 0.252 e. The third-order valence-corrected chi connectivity index (χ3v) is 3.73. The number of amides is 1. The van der Waals surface area contributed by atoms with Crippen LogP contribution in [-0.2, 0) is 4.79 Å². The van der Waals surface area contributed by atoms with Crippen LogP contribution in [0.1, 0.15) is 30.5 Å². The van der Waals surface area contributed by atoms with Crippen LogP contribution < -0.4 is 5.32 Å². The minimum atomic E-state index is 0.0220. The van der Waals surface area contributed by atoms with Gasteiger partial charge in [-0.25, -0.2) is 0 Å². The molecule has 0 saturated heterocycles. The average Bonchev–Trinajstić information content (AvgIpc) is 2.48. The molecule has 2 heteroatoms. The molecule has 20 heavy (non-hydrogen) atoms.